The highest BCUT2D eigenvalue weighted by Gasteiger charge is 2.61. The Morgan fingerprint density at radius 3 is 2.77 bits per heavy atom. The fraction of sp³-hybridized carbons (Fsp3) is 0.429. The van der Waals surface area contributed by atoms with Crippen LogP contribution in [-0.4, -0.2) is 44.1 Å². The van der Waals surface area contributed by atoms with Crippen LogP contribution >= 0.6 is 0 Å². The van der Waals surface area contributed by atoms with Crippen molar-refractivity contribution in [2.24, 2.45) is 0 Å². The van der Waals surface area contributed by atoms with Crippen LogP contribution in [0.5, 0.6) is 5.88 Å². The lowest BCUT2D eigenvalue weighted by Crippen LogP contribution is -2.45. The number of pyridine rings is 1. The van der Waals surface area contributed by atoms with Gasteiger partial charge in [0.05, 0.1) is 24.5 Å². The van der Waals surface area contributed by atoms with Crippen LogP contribution in [0.3, 0.4) is 0 Å². The molecule has 1 N–H and O–H groups in total. The summed E-state index contributed by atoms with van der Waals surface area (Å²) in [7, 11) is 0. The molecule has 10 heteroatoms. The Hall–Kier alpha value is -3.14. The molecule has 8 nitrogen and oxygen atoms in total. The van der Waals surface area contributed by atoms with Gasteiger partial charge in [0.2, 0.25) is 5.65 Å². The van der Waals surface area contributed by atoms with Crippen molar-refractivity contribution in [2.75, 3.05) is 18.5 Å². The van der Waals surface area contributed by atoms with E-state index in [0.29, 0.717) is 18.9 Å². The van der Waals surface area contributed by atoms with Gasteiger partial charge in [0, 0.05) is 17.8 Å². The quantitative estimate of drug-likeness (QED) is 0.645. The number of ether oxygens (including phenoxy) is 2. The van der Waals surface area contributed by atoms with E-state index in [1.807, 2.05) is 13.1 Å². The van der Waals surface area contributed by atoms with Crippen molar-refractivity contribution >= 4 is 17.4 Å². The Kier molecular flexibility index (Phi) is 4.44. The Morgan fingerprint density at radius 2 is 2.10 bits per heavy atom. The number of carbonyl (C=O) groups is 1. The summed E-state index contributed by atoms with van der Waals surface area (Å²) in [4.78, 5) is 25.6. The predicted molar refractivity (Wildman–Crippen MR) is 107 cm³/mol. The molecular formula is C21H21F2N5O3. The van der Waals surface area contributed by atoms with E-state index >= 15 is 0 Å². The van der Waals surface area contributed by atoms with Gasteiger partial charge in [0.25, 0.3) is 18.2 Å². The molecular weight excluding hydrogens is 408 g/mol. The average Bonchev–Trinajstić information content (AvgIpc) is 3.39. The highest BCUT2D eigenvalue weighted by atomic mass is 19.3. The number of nitrogens with one attached hydrogen (secondary N) is 1. The first-order valence-electron chi connectivity index (χ1n) is 10.0. The Morgan fingerprint density at radius 1 is 1.29 bits per heavy atom. The molecule has 3 fully saturated rings. The number of amides is 1. The first-order chi connectivity index (χ1) is 14.8. The van der Waals surface area contributed by atoms with Gasteiger partial charge < -0.3 is 14.8 Å². The number of hydrogen-bond donors (Lipinski definition) is 1. The Labute approximate surface area is 176 Å². The van der Waals surface area contributed by atoms with Crippen molar-refractivity contribution in [3.05, 3.63) is 47.7 Å². The molecule has 3 aromatic rings. The second-order valence-corrected chi connectivity index (χ2v) is 8.30. The van der Waals surface area contributed by atoms with Gasteiger partial charge in [-0.15, -0.1) is 0 Å². The first kappa shape index (κ1) is 19.8. The Bertz CT molecular complexity index is 1170. The Balaban J connectivity index is 1.47. The third kappa shape index (κ3) is 3.31. The van der Waals surface area contributed by atoms with E-state index in [9.17, 15) is 13.6 Å². The van der Waals surface area contributed by atoms with Crippen LogP contribution in [0.2, 0.25) is 0 Å². The largest absolute Gasteiger partial charge is 0.475 e. The van der Waals surface area contributed by atoms with Gasteiger partial charge >= 0.3 is 0 Å². The number of fused-ring (bicyclic) bond motifs is 2. The second kappa shape index (κ2) is 6.94. The number of hydrogen-bond acceptors (Lipinski definition) is 6. The number of halogens is 2. The standard InChI is InChI=1S/C21H21F2N5O3/c1-3-30-19-17-26-14(21-9-20(2,10-21)31-11-21)8-28(17)7-13(25-19)18(29)27-15-6-4-5-12(24-15)16(22)23/h4-8,16H,3,9-11H2,1-2H3,(H,24,27,29). The highest BCUT2D eigenvalue weighted by Crippen LogP contribution is 2.58. The molecule has 6 rings (SSSR count). The summed E-state index contributed by atoms with van der Waals surface area (Å²) in [6.07, 6.45) is 2.50. The van der Waals surface area contributed by atoms with Crippen molar-refractivity contribution in [1.29, 1.82) is 0 Å². The lowest BCUT2D eigenvalue weighted by atomic mass is 9.62. The van der Waals surface area contributed by atoms with Crippen LogP contribution in [0, 0.1) is 0 Å². The summed E-state index contributed by atoms with van der Waals surface area (Å²) in [5, 5.41) is 2.51. The summed E-state index contributed by atoms with van der Waals surface area (Å²) in [6.45, 7) is 4.88. The lowest BCUT2D eigenvalue weighted by molar-refractivity contribution is 0.0154. The van der Waals surface area contributed by atoms with Gasteiger partial charge in [0.15, 0.2) is 0 Å². The molecule has 2 bridgehead atoms. The molecule has 3 aromatic heterocycles. The van der Waals surface area contributed by atoms with E-state index in [2.05, 4.69) is 22.2 Å². The summed E-state index contributed by atoms with van der Waals surface area (Å²) < 4.78 is 39.0. The van der Waals surface area contributed by atoms with Gasteiger partial charge in [-0.3, -0.25) is 9.20 Å². The first-order valence-corrected chi connectivity index (χ1v) is 10.0. The van der Waals surface area contributed by atoms with Crippen molar-refractivity contribution in [3.63, 3.8) is 0 Å². The molecule has 1 aliphatic carbocycles. The zero-order chi connectivity index (χ0) is 21.8. The van der Waals surface area contributed by atoms with Crippen molar-refractivity contribution in [3.8, 4) is 5.88 Å². The molecule has 0 aromatic carbocycles. The number of imidazole rings is 1. The number of carbonyl (C=O) groups excluding carboxylic acids is 1. The molecule has 0 radical (unpaired) electrons. The minimum atomic E-state index is -2.73. The molecule has 5 heterocycles. The lowest BCUT2D eigenvalue weighted by Gasteiger charge is -2.41. The van der Waals surface area contributed by atoms with Crippen LogP contribution in [0.25, 0.3) is 5.65 Å². The summed E-state index contributed by atoms with van der Waals surface area (Å²) in [5.41, 5.74) is 0.840. The summed E-state index contributed by atoms with van der Waals surface area (Å²) in [6, 6.07) is 4.04. The molecule has 0 spiro atoms. The van der Waals surface area contributed by atoms with Crippen LogP contribution in [0.15, 0.2) is 30.6 Å². The molecule has 0 unspecified atom stereocenters. The minimum absolute atomic E-state index is 0.0183. The maximum Gasteiger partial charge on any atom is 0.280 e. The van der Waals surface area contributed by atoms with E-state index in [-0.39, 0.29) is 28.4 Å². The fourth-order valence-electron chi connectivity index (χ4n) is 4.54. The van der Waals surface area contributed by atoms with E-state index in [4.69, 9.17) is 14.5 Å². The molecule has 31 heavy (non-hydrogen) atoms. The molecule has 162 valence electrons. The third-order valence-electron chi connectivity index (χ3n) is 5.82. The topological polar surface area (TPSA) is 90.6 Å². The van der Waals surface area contributed by atoms with Crippen molar-refractivity contribution < 1.29 is 23.0 Å². The average molecular weight is 429 g/mol. The van der Waals surface area contributed by atoms with Crippen molar-refractivity contribution in [2.45, 2.75) is 44.1 Å². The SMILES string of the molecule is CCOc1nc(C(=O)Nc2cccc(C(F)F)n2)cn2cc(C34COC(C)(C3)C4)nc12. The molecule has 1 saturated carbocycles. The number of anilines is 1. The van der Waals surface area contributed by atoms with E-state index in [1.165, 1.54) is 18.2 Å². The van der Waals surface area contributed by atoms with Crippen LogP contribution in [0.4, 0.5) is 14.6 Å². The highest BCUT2D eigenvalue weighted by molar-refractivity contribution is 6.02. The van der Waals surface area contributed by atoms with Crippen LogP contribution in [0.1, 0.15) is 55.0 Å². The zero-order valence-corrected chi connectivity index (χ0v) is 17.1. The van der Waals surface area contributed by atoms with Gasteiger partial charge in [0.1, 0.15) is 17.2 Å². The maximum absolute atomic E-state index is 12.9. The van der Waals surface area contributed by atoms with E-state index < -0.39 is 18.0 Å². The number of aromatic nitrogens is 4. The number of alkyl halides is 2. The summed E-state index contributed by atoms with van der Waals surface area (Å²) >= 11 is 0. The van der Waals surface area contributed by atoms with Crippen LogP contribution < -0.4 is 10.1 Å². The fourth-order valence-corrected chi connectivity index (χ4v) is 4.54. The molecule has 2 aliphatic heterocycles. The summed E-state index contributed by atoms with van der Waals surface area (Å²) in [5.74, 6) is -0.339. The van der Waals surface area contributed by atoms with Crippen molar-refractivity contribution in [1.82, 2.24) is 19.4 Å². The maximum atomic E-state index is 12.9. The minimum Gasteiger partial charge on any atom is -0.475 e. The molecule has 2 saturated heterocycles. The zero-order valence-electron chi connectivity index (χ0n) is 17.1. The molecule has 3 aliphatic rings. The van der Waals surface area contributed by atoms with Gasteiger partial charge in [-0.25, -0.2) is 23.7 Å². The van der Waals surface area contributed by atoms with Gasteiger partial charge in [-0.2, -0.15) is 0 Å². The van der Waals surface area contributed by atoms with Crippen LogP contribution in [-0.2, 0) is 10.2 Å². The normalized spacial score (nSPS) is 24.4. The van der Waals surface area contributed by atoms with E-state index in [0.717, 1.165) is 18.5 Å². The smallest absolute Gasteiger partial charge is 0.280 e. The van der Waals surface area contributed by atoms with E-state index in [1.54, 1.807) is 10.6 Å². The number of nitrogens with zero attached hydrogens (tertiary/aromatic N) is 4. The molecule has 1 amide bonds. The predicted octanol–water partition coefficient (Wildman–Crippen LogP) is 3.53. The second-order valence-electron chi connectivity index (χ2n) is 8.30. The van der Waals surface area contributed by atoms with Gasteiger partial charge in [-0.05, 0) is 38.8 Å². The molecule has 0 atom stereocenters. The van der Waals surface area contributed by atoms with Gasteiger partial charge in [-0.1, -0.05) is 6.07 Å². The third-order valence-corrected chi connectivity index (χ3v) is 5.82. The number of rotatable bonds is 6. The monoisotopic (exact) mass is 429 g/mol.